The van der Waals surface area contributed by atoms with Gasteiger partial charge in [-0.25, -0.2) is 19.9 Å². The molecular weight excluding hydrogens is 826 g/mol. The Morgan fingerprint density at radius 3 is 1.75 bits per heavy atom. The molecule has 0 N–H and O–H groups in total. The summed E-state index contributed by atoms with van der Waals surface area (Å²) in [6, 6.07) is 51.5. The van der Waals surface area contributed by atoms with Crippen molar-refractivity contribution in [1.29, 1.82) is 0 Å². The number of rotatable bonds is 3. The van der Waals surface area contributed by atoms with Gasteiger partial charge in [-0.05, 0) is 47.9 Å². The van der Waals surface area contributed by atoms with Crippen LogP contribution in [-0.4, -0.2) is 42.4 Å². The average molecular weight is 849 g/mol. The number of aromatic nitrogens is 9. The topological polar surface area (TPSA) is 75.2 Å². The Kier molecular flexibility index (Phi) is 6.01. The molecule has 0 fully saturated rings. The Morgan fingerprint density at radius 1 is 0.404 bits per heavy atom. The predicted octanol–water partition coefficient (Wildman–Crippen LogP) is 8.66. The van der Waals surface area contributed by atoms with Crippen LogP contribution in [0.2, 0.25) is 0 Å². The van der Waals surface area contributed by atoms with E-state index in [1.165, 1.54) is 0 Å². The van der Waals surface area contributed by atoms with Gasteiger partial charge in [-0.15, -0.1) is 35.7 Å². The molecule has 6 aromatic heterocycles. The molecule has 6 aromatic carbocycles. The van der Waals surface area contributed by atoms with E-state index in [4.69, 9.17) is 19.9 Å². The molecule has 0 unspecified atom stereocenters. The van der Waals surface area contributed by atoms with Gasteiger partial charge in [0, 0.05) is 17.9 Å². The fourth-order valence-corrected chi connectivity index (χ4v) is 7.88. The average Bonchev–Trinajstić information content (AvgIpc) is 3.97. The van der Waals surface area contributed by atoms with Crippen molar-refractivity contribution in [3.8, 4) is 17.1 Å². The summed E-state index contributed by atoms with van der Waals surface area (Å²) in [4.78, 5) is 19.6. The molecule has 12 aromatic rings. The number of fused-ring (bicyclic) bond motifs is 13. The number of imidazole rings is 4. The Morgan fingerprint density at radius 2 is 0.981 bits per heavy atom. The molecule has 0 atom stereocenters. The smallest absolute Gasteiger partial charge is 0.358 e. The molecular formula is C42H23N9Pt. The summed E-state index contributed by atoms with van der Waals surface area (Å²) in [6.45, 7) is 0. The minimum atomic E-state index is 0. The third-order valence-corrected chi connectivity index (χ3v) is 9.99. The first-order chi connectivity index (χ1) is 25.3. The van der Waals surface area contributed by atoms with Crippen LogP contribution in [0.3, 0.4) is 0 Å². The van der Waals surface area contributed by atoms with E-state index in [9.17, 15) is 0 Å². The molecule has 0 saturated heterocycles. The second-order valence-corrected chi connectivity index (χ2v) is 12.7. The van der Waals surface area contributed by atoms with E-state index in [0.29, 0.717) is 5.65 Å². The van der Waals surface area contributed by atoms with Gasteiger partial charge in [-0.2, -0.15) is 12.1 Å². The third kappa shape index (κ3) is 3.80. The van der Waals surface area contributed by atoms with Gasteiger partial charge in [0.2, 0.25) is 11.6 Å². The van der Waals surface area contributed by atoms with Gasteiger partial charge in [-0.1, -0.05) is 77.2 Å². The van der Waals surface area contributed by atoms with Crippen molar-refractivity contribution in [2.24, 2.45) is 0 Å². The van der Waals surface area contributed by atoms with Crippen LogP contribution in [0.5, 0.6) is 0 Å². The Bertz CT molecular complexity index is 3390. The number of nitrogens with zero attached hydrogens (tertiary/aromatic N) is 9. The number of benzene rings is 6. The zero-order valence-corrected chi connectivity index (χ0v) is 29.4. The maximum atomic E-state index is 5.11. The molecule has 0 bridgehead atoms. The van der Waals surface area contributed by atoms with E-state index in [1.54, 1.807) is 12.4 Å². The zero-order chi connectivity index (χ0) is 33.2. The van der Waals surface area contributed by atoms with E-state index < -0.39 is 0 Å². The van der Waals surface area contributed by atoms with Crippen LogP contribution >= 0.6 is 0 Å². The number of hydrogen-bond acceptors (Lipinski definition) is 4. The molecule has 6 heterocycles. The predicted molar refractivity (Wildman–Crippen MR) is 200 cm³/mol. The molecule has 52 heavy (non-hydrogen) atoms. The van der Waals surface area contributed by atoms with Gasteiger partial charge in [0.25, 0.3) is 0 Å². The van der Waals surface area contributed by atoms with Gasteiger partial charge in [0.15, 0.2) is 11.3 Å². The van der Waals surface area contributed by atoms with Gasteiger partial charge in [0.1, 0.15) is 0 Å². The Balaban J connectivity index is 0.00000320. The van der Waals surface area contributed by atoms with E-state index in [2.05, 4.69) is 127 Å². The van der Waals surface area contributed by atoms with Crippen LogP contribution in [0.1, 0.15) is 0 Å². The van der Waals surface area contributed by atoms with Gasteiger partial charge >= 0.3 is 21.1 Å². The first-order valence-corrected chi connectivity index (χ1v) is 16.8. The van der Waals surface area contributed by atoms with E-state index in [0.717, 1.165) is 89.2 Å². The SMILES string of the molecule is [Pt+2].[c-]1c(-n2c3[c-]c(-n4c5ccccc5n5c6ccccc6nc45)ccc3c3ccccc32)cccc1-n1c2nccnc2n2c3ccccc3nc12. The van der Waals surface area contributed by atoms with E-state index in [-0.39, 0.29) is 21.1 Å². The van der Waals surface area contributed by atoms with Crippen molar-refractivity contribution >= 4 is 77.8 Å². The van der Waals surface area contributed by atoms with Crippen molar-refractivity contribution in [2.45, 2.75) is 0 Å². The summed E-state index contributed by atoms with van der Waals surface area (Å²) in [5, 5.41) is 2.25. The van der Waals surface area contributed by atoms with Crippen molar-refractivity contribution in [3.05, 3.63) is 152 Å². The van der Waals surface area contributed by atoms with Crippen LogP contribution in [0.4, 0.5) is 0 Å². The van der Waals surface area contributed by atoms with Crippen molar-refractivity contribution in [1.82, 2.24) is 42.4 Å². The van der Waals surface area contributed by atoms with Crippen molar-refractivity contribution in [3.63, 3.8) is 0 Å². The van der Waals surface area contributed by atoms with Crippen LogP contribution in [-0.2, 0) is 21.1 Å². The minimum Gasteiger partial charge on any atom is -0.358 e. The van der Waals surface area contributed by atoms with E-state index >= 15 is 0 Å². The summed E-state index contributed by atoms with van der Waals surface area (Å²) in [5.41, 5.74) is 12.1. The maximum absolute atomic E-state index is 5.11. The maximum Gasteiger partial charge on any atom is 2.00 e. The largest absolute Gasteiger partial charge is 2.00 e. The Hall–Kier alpha value is -6.57. The molecule has 0 aliphatic carbocycles. The Labute approximate surface area is 308 Å². The fraction of sp³-hybridized carbons (Fsp3) is 0. The van der Waals surface area contributed by atoms with Crippen molar-refractivity contribution in [2.75, 3.05) is 0 Å². The van der Waals surface area contributed by atoms with Crippen LogP contribution in [0.25, 0.3) is 94.8 Å². The van der Waals surface area contributed by atoms with Gasteiger partial charge in [-0.3, -0.25) is 13.4 Å². The first kappa shape index (κ1) is 29.2. The van der Waals surface area contributed by atoms with Gasteiger partial charge < -0.3 is 9.13 Å². The molecule has 10 heteroatoms. The zero-order valence-electron chi connectivity index (χ0n) is 27.1. The van der Waals surface area contributed by atoms with Crippen LogP contribution < -0.4 is 0 Å². The van der Waals surface area contributed by atoms with E-state index in [1.807, 2.05) is 34.9 Å². The molecule has 0 radical (unpaired) electrons. The molecule has 9 nitrogen and oxygen atoms in total. The second-order valence-electron chi connectivity index (χ2n) is 12.7. The van der Waals surface area contributed by atoms with Gasteiger partial charge in [0.05, 0.1) is 33.1 Å². The monoisotopic (exact) mass is 848 g/mol. The molecule has 12 rings (SSSR count). The molecule has 0 aliphatic rings. The number of para-hydroxylation sites is 7. The summed E-state index contributed by atoms with van der Waals surface area (Å²) in [6.07, 6.45) is 3.44. The third-order valence-electron chi connectivity index (χ3n) is 9.99. The fourth-order valence-electron chi connectivity index (χ4n) is 7.88. The first-order valence-electron chi connectivity index (χ1n) is 16.8. The van der Waals surface area contributed by atoms with Crippen LogP contribution in [0.15, 0.2) is 140 Å². The molecule has 0 saturated carbocycles. The molecule has 0 aliphatic heterocycles. The quantitative estimate of drug-likeness (QED) is 0.167. The van der Waals surface area contributed by atoms with Crippen molar-refractivity contribution < 1.29 is 21.1 Å². The summed E-state index contributed by atoms with van der Waals surface area (Å²) in [7, 11) is 0. The summed E-state index contributed by atoms with van der Waals surface area (Å²) < 4.78 is 10.8. The minimum absolute atomic E-state index is 0. The summed E-state index contributed by atoms with van der Waals surface area (Å²) >= 11 is 0. The number of hydrogen-bond donors (Lipinski definition) is 0. The molecule has 0 spiro atoms. The normalized spacial score (nSPS) is 12.1. The molecule has 0 amide bonds. The summed E-state index contributed by atoms with van der Waals surface area (Å²) in [5.74, 6) is 1.58. The second kappa shape index (κ2) is 10.7. The standard InChI is InChI=1S/C42H23N9.Pt/c1-4-15-33-29(12-1)30-21-20-28(48-36-18-7-8-19-37(36)50-34-16-5-2-13-31(34)45-41(48)50)25-38(30)47(33)26-10-9-11-27(24-26)49-39-40(44-23-22-43-39)51-35-17-6-3-14-32(35)46-42(49)51;/h1-23H;/q-2;+2. The van der Waals surface area contributed by atoms with Crippen LogP contribution in [0, 0.1) is 12.1 Å². The molecule has 246 valence electrons.